The lowest BCUT2D eigenvalue weighted by atomic mass is 9.97. The third-order valence-electron chi connectivity index (χ3n) is 3.31. The molecule has 0 unspecified atom stereocenters. The molecule has 0 spiro atoms. The van der Waals surface area contributed by atoms with Crippen molar-refractivity contribution < 1.29 is 9.53 Å². The van der Waals surface area contributed by atoms with Gasteiger partial charge in [-0.25, -0.2) is 4.79 Å². The summed E-state index contributed by atoms with van der Waals surface area (Å²) in [5.74, 6) is 0. The summed E-state index contributed by atoms with van der Waals surface area (Å²) in [5, 5.41) is 2.80. The number of nitrogens with one attached hydrogen (secondary N) is 1. The molecule has 1 aliphatic carbocycles. The summed E-state index contributed by atoms with van der Waals surface area (Å²) in [5.41, 5.74) is 2.47. The molecular formula is C16H21NO2. The Morgan fingerprint density at radius 2 is 2.05 bits per heavy atom. The Morgan fingerprint density at radius 1 is 1.21 bits per heavy atom. The van der Waals surface area contributed by atoms with Crippen LogP contribution in [0.3, 0.4) is 0 Å². The minimum atomic E-state index is -0.333. The Hall–Kier alpha value is -1.77. The van der Waals surface area contributed by atoms with Crippen molar-refractivity contribution in [2.24, 2.45) is 0 Å². The first kappa shape index (κ1) is 13.7. The SMILES string of the molecule is O=C(NCCC1=CCCCC1)OCc1ccccc1. The average molecular weight is 259 g/mol. The number of amides is 1. The van der Waals surface area contributed by atoms with Crippen LogP contribution in [0.15, 0.2) is 42.0 Å². The van der Waals surface area contributed by atoms with Gasteiger partial charge >= 0.3 is 6.09 Å². The first-order valence-electron chi connectivity index (χ1n) is 6.97. The summed E-state index contributed by atoms with van der Waals surface area (Å²) in [6, 6.07) is 9.71. The molecule has 0 bridgehead atoms. The van der Waals surface area contributed by atoms with E-state index in [2.05, 4.69) is 11.4 Å². The van der Waals surface area contributed by atoms with Gasteiger partial charge in [0.05, 0.1) is 0 Å². The summed E-state index contributed by atoms with van der Waals surface area (Å²) >= 11 is 0. The monoisotopic (exact) mass is 259 g/mol. The number of ether oxygens (including phenoxy) is 1. The number of alkyl carbamates (subject to hydrolysis) is 1. The van der Waals surface area contributed by atoms with Crippen molar-refractivity contribution in [3.05, 3.63) is 47.5 Å². The molecule has 0 radical (unpaired) electrons. The molecule has 3 heteroatoms. The van der Waals surface area contributed by atoms with Crippen molar-refractivity contribution >= 4 is 6.09 Å². The van der Waals surface area contributed by atoms with Gasteiger partial charge in [-0.05, 0) is 37.7 Å². The zero-order valence-corrected chi connectivity index (χ0v) is 11.2. The van der Waals surface area contributed by atoms with E-state index in [0.717, 1.165) is 12.0 Å². The van der Waals surface area contributed by atoms with Gasteiger partial charge in [-0.15, -0.1) is 0 Å². The van der Waals surface area contributed by atoms with E-state index < -0.39 is 0 Å². The fourth-order valence-electron chi connectivity index (χ4n) is 2.23. The number of allylic oxidation sites excluding steroid dienone is 1. The molecule has 102 valence electrons. The first-order valence-corrected chi connectivity index (χ1v) is 6.97. The molecule has 1 aliphatic rings. The van der Waals surface area contributed by atoms with Gasteiger partial charge in [0.1, 0.15) is 6.61 Å². The Balaban J connectivity index is 1.61. The first-order chi connectivity index (χ1) is 9.34. The van der Waals surface area contributed by atoms with Crippen molar-refractivity contribution in [1.29, 1.82) is 0 Å². The van der Waals surface area contributed by atoms with Crippen molar-refractivity contribution in [2.75, 3.05) is 6.54 Å². The van der Waals surface area contributed by atoms with Crippen LogP contribution in [0.25, 0.3) is 0 Å². The zero-order chi connectivity index (χ0) is 13.3. The smallest absolute Gasteiger partial charge is 0.407 e. The highest BCUT2D eigenvalue weighted by Crippen LogP contribution is 2.19. The van der Waals surface area contributed by atoms with E-state index in [9.17, 15) is 4.79 Å². The van der Waals surface area contributed by atoms with Crippen molar-refractivity contribution in [3.63, 3.8) is 0 Å². The van der Waals surface area contributed by atoms with Gasteiger partial charge < -0.3 is 10.1 Å². The molecule has 19 heavy (non-hydrogen) atoms. The molecule has 0 aromatic heterocycles. The lowest BCUT2D eigenvalue weighted by molar-refractivity contribution is 0.140. The van der Waals surface area contributed by atoms with E-state index in [-0.39, 0.29) is 6.09 Å². The lowest BCUT2D eigenvalue weighted by Crippen LogP contribution is -2.25. The summed E-state index contributed by atoms with van der Waals surface area (Å²) in [4.78, 5) is 11.5. The van der Waals surface area contributed by atoms with Crippen LogP contribution in [-0.2, 0) is 11.3 Å². The maximum Gasteiger partial charge on any atom is 0.407 e. The summed E-state index contributed by atoms with van der Waals surface area (Å²) < 4.78 is 5.15. The van der Waals surface area contributed by atoms with E-state index in [0.29, 0.717) is 13.2 Å². The van der Waals surface area contributed by atoms with Gasteiger partial charge in [0.15, 0.2) is 0 Å². The molecule has 1 aromatic carbocycles. The van der Waals surface area contributed by atoms with Crippen LogP contribution in [0, 0.1) is 0 Å². The zero-order valence-electron chi connectivity index (χ0n) is 11.2. The molecule has 0 heterocycles. The van der Waals surface area contributed by atoms with E-state index in [1.807, 2.05) is 30.3 Å². The Labute approximate surface area is 114 Å². The fraction of sp³-hybridized carbons (Fsp3) is 0.438. The Morgan fingerprint density at radius 3 is 2.79 bits per heavy atom. The molecule has 0 saturated carbocycles. The normalized spacial score (nSPS) is 14.6. The predicted octanol–water partition coefficient (Wildman–Crippen LogP) is 3.80. The van der Waals surface area contributed by atoms with Gasteiger partial charge in [-0.1, -0.05) is 42.0 Å². The van der Waals surface area contributed by atoms with Crippen molar-refractivity contribution in [3.8, 4) is 0 Å². The van der Waals surface area contributed by atoms with Gasteiger partial charge in [0.2, 0.25) is 0 Å². The summed E-state index contributed by atoms with van der Waals surface area (Å²) in [6.45, 7) is 0.995. The van der Waals surface area contributed by atoms with E-state index >= 15 is 0 Å². The molecule has 1 aromatic rings. The minimum absolute atomic E-state index is 0.329. The number of rotatable bonds is 5. The molecule has 0 fully saturated rings. The number of hydrogen-bond donors (Lipinski definition) is 1. The second-order valence-electron chi connectivity index (χ2n) is 4.85. The fourth-order valence-corrected chi connectivity index (χ4v) is 2.23. The molecule has 0 atom stereocenters. The quantitative estimate of drug-likeness (QED) is 0.817. The molecular weight excluding hydrogens is 238 g/mol. The van der Waals surface area contributed by atoms with Crippen LogP contribution in [0.1, 0.15) is 37.7 Å². The molecule has 3 nitrogen and oxygen atoms in total. The standard InChI is InChI=1S/C16H21NO2/c18-16(19-13-15-9-5-2-6-10-15)17-12-11-14-7-3-1-4-8-14/h2,5-7,9-10H,1,3-4,8,11-13H2,(H,17,18). The lowest BCUT2D eigenvalue weighted by Gasteiger charge is -2.13. The van der Waals surface area contributed by atoms with Crippen LogP contribution in [0.4, 0.5) is 4.79 Å². The topological polar surface area (TPSA) is 38.3 Å². The molecule has 0 aliphatic heterocycles. The molecule has 2 rings (SSSR count). The van der Waals surface area contributed by atoms with Crippen LogP contribution in [0.2, 0.25) is 0 Å². The van der Waals surface area contributed by atoms with Crippen LogP contribution in [-0.4, -0.2) is 12.6 Å². The molecule has 1 N–H and O–H groups in total. The van der Waals surface area contributed by atoms with E-state index in [4.69, 9.17) is 4.74 Å². The number of carbonyl (C=O) groups is 1. The highest BCUT2D eigenvalue weighted by Gasteiger charge is 2.05. The average Bonchev–Trinajstić information content (AvgIpc) is 2.47. The van der Waals surface area contributed by atoms with Crippen LogP contribution < -0.4 is 5.32 Å². The second-order valence-corrected chi connectivity index (χ2v) is 4.85. The van der Waals surface area contributed by atoms with Crippen molar-refractivity contribution in [1.82, 2.24) is 5.32 Å². The van der Waals surface area contributed by atoms with E-state index in [1.165, 1.54) is 31.3 Å². The number of benzene rings is 1. The van der Waals surface area contributed by atoms with Gasteiger partial charge in [0, 0.05) is 6.54 Å². The highest BCUT2D eigenvalue weighted by molar-refractivity contribution is 5.67. The number of carbonyl (C=O) groups excluding carboxylic acids is 1. The largest absolute Gasteiger partial charge is 0.445 e. The van der Waals surface area contributed by atoms with Gasteiger partial charge in [0.25, 0.3) is 0 Å². The maximum atomic E-state index is 11.5. The third-order valence-corrected chi connectivity index (χ3v) is 3.31. The Kier molecular flexibility index (Phi) is 5.48. The predicted molar refractivity (Wildman–Crippen MR) is 75.8 cm³/mol. The van der Waals surface area contributed by atoms with Crippen molar-refractivity contribution in [2.45, 2.75) is 38.7 Å². The minimum Gasteiger partial charge on any atom is -0.445 e. The summed E-state index contributed by atoms with van der Waals surface area (Å²) in [7, 11) is 0. The van der Waals surface area contributed by atoms with Crippen LogP contribution >= 0.6 is 0 Å². The number of hydrogen-bond acceptors (Lipinski definition) is 2. The second kappa shape index (κ2) is 7.62. The third kappa shape index (κ3) is 5.16. The van der Waals surface area contributed by atoms with Gasteiger partial charge in [-0.2, -0.15) is 0 Å². The molecule has 1 amide bonds. The molecule has 0 saturated heterocycles. The Bertz CT molecular complexity index is 426. The van der Waals surface area contributed by atoms with Gasteiger partial charge in [-0.3, -0.25) is 0 Å². The maximum absolute atomic E-state index is 11.5. The van der Waals surface area contributed by atoms with Crippen LogP contribution in [0.5, 0.6) is 0 Å². The van der Waals surface area contributed by atoms with E-state index in [1.54, 1.807) is 0 Å². The summed E-state index contributed by atoms with van der Waals surface area (Å²) in [6.07, 6.45) is 7.87. The highest BCUT2D eigenvalue weighted by atomic mass is 16.5.